The van der Waals surface area contributed by atoms with Crippen LogP contribution in [0.2, 0.25) is 0 Å². The Balaban J connectivity index is 2.08. The third kappa shape index (κ3) is 2.56. The number of hydrogen-bond donors (Lipinski definition) is 1. The molecule has 3 nitrogen and oxygen atoms in total. The van der Waals surface area contributed by atoms with Crippen LogP contribution in [0.4, 0.5) is 0 Å². The molecule has 1 aromatic carbocycles. The molecule has 1 N–H and O–H groups in total. The van der Waals surface area contributed by atoms with Gasteiger partial charge in [-0.05, 0) is 17.5 Å². The standard InChI is InChI=1S/C12H18N2O/c1-14(2)13-9-12-11-6-4-3-5-10(11)7-8-15-12/h3-6,12-13H,7-9H2,1-2H3. The Bertz CT molecular complexity index is 325. The summed E-state index contributed by atoms with van der Waals surface area (Å²) < 4.78 is 5.77. The minimum Gasteiger partial charge on any atom is -0.372 e. The third-order valence-electron chi connectivity index (χ3n) is 2.69. The molecule has 1 aliphatic heterocycles. The lowest BCUT2D eigenvalue weighted by Gasteiger charge is -2.27. The molecular formula is C12H18N2O. The van der Waals surface area contributed by atoms with E-state index in [0.717, 1.165) is 19.6 Å². The summed E-state index contributed by atoms with van der Waals surface area (Å²) >= 11 is 0. The fourth-order valence-corrected chi connectivity index (χ4v) is 1.91. The van der Waals surface area contributed by atoms with Crippen molar-refractivity contribution in [2.45, 2.75) is 12.5 Å². The molecule has 2 rings (SSSR count). The number of hydrazine groups is 1. The van der Waals surface area contributed by atoms with E-state index in [1.165, 1.54) is 11.1 Å². The van der Waals surface area contributed by atoms with E-state index in [1.54, 1.807) is 0 Å². The maximum absolute atomic E-state index is 5.77. The van der Waals surface area contributed by atoms with Gasteiger partial charge in [0.05, 0.1) is 12.7 Å². The van der Waals surface area contributed by atoms with E-state index in [1.807, 2.05) is 19.1 Å². The fourth-order valence-electron chi connectivity index (χ4n) is 1.91. The van der Waals surface area contributed by atoms with E-state index in [9.17, 15) is 0 Å². The quantitative estimate of drug-likeness (QED) is 0.756. The average molecular weight is 206 g/mol. The zero-order valence-corrected chi connectivity index (χ0v) is 9.36. The van der Waals surface area contributed by atoms with Gasteiger partial charge in [0.15, 0.2) is 0 Å². The number of hydrogen-bond acceptors (Lipinski definition) is 3. The molecule has 3 heteroatoms. The van der Waals surface area contributed by atoms with Crippen molar-refractivity contribution >= 4 is 0 Å². The molecule has 0 aliphatic carbocycles. The molecule has 0 amide bonds. The maximum atomic E-state index is 5.77. The highest BCUT2D eigenvalue weighted by molar-refractivity contribution is 5.31. The van der Waals surface area contributed by atoms with Crippen LogP contribution in [0.15, 0.2) is 24.3 Å². The lowest BCUT2D eigenvalue weighted by molar-refractivity contribution is 0.0313. The van der Waals surface area contributed by atoms with E-state index in [4.69, 9.17) is 4.74 Å². The van der Waals surface area contributed by atoms with Crippen LogP contribution in [-0.2, 0) is 11.2 Å². The van der Waals surface area contributed by atoms with E-state index in [0.29, 0.717) is 0 Å². The molecule has 82 valence electrons. The first-order valence-electron chi connectivity index (χ1n) is 5.37. The minimum atomic E-state index is 0.192. The largest absolute Gasteiger partial charge is 0.372 e. The van der Waals surface area contributed by atoms with Gasteiger partial charge in [0, 0.05) is 20.6 Å². The first-order chi connectivity index (χ1) is 7.27. The van der Waals surface area contributed by atoms with Gasteiger partial charge in [-0.2, -0.15) is 0 Å². The van der Waals surface area contributed by atoms with Crippen molar-refractivity contribution < 1.29 is 4.74 Å². The molecule has 0 radical (unpaired) electrons. The smallest absolute Gasteiger partial charge is 0.0966 e. The van der Waals surface area contributed by atoms with Gasteiger partial charge in [-0.1, -0.05) is 24.3 Å². The number of ether oxygens (including phenoxy) is 1. The molecule has 1 atom stereocenters. The second kappa shape index (κ2) is 4.75. The fraction of sp³-hybridized carbons (Fsp3) is 0.500. The van der Waals surface area contributed by atoms with Crippen molar-refractivity contribution in [2.24, 2.45) is 0 Å². The summed E-state index contributed by atoms with van der Waals surface area (Å²) in [4.78, 5) is 0. The minimum absolute atomic E-state index is 0.192. The van der Waals surface area contributed by atoms with Crippen LogP contribution in [0, 0.1) is 0 Å². The Morgan fingerprint density at radius 2 is 2.20 bits per heavy atom. The molecule has 1 aliphatic rings. The van der Waals surface area contributed by atoms with Crippen LogP contribution in [-0.4, -0.2) is 32.3 Å². The SMILES string of the molecule is CN(C)NCC1OCCc2ccccc21. The van der Waals surface area contributed by atoms with E-state index in [2.05, 4.69) is 29.7 Å². The van der Waals surface area contributed by atoms with Crippen LogP contribution in [0.5, 0.6) is 0 Å². The van der Waals surface area contributed by atoms with Gasteiger partial charge in [0.2, 0.25) is 0 Å². The number of fused-ring (bicyclic) bond motifs is 1. The monoisotopic (exact) mass is 206 g/mol. The first-order valence-corrected chi connectivity index (χ1v) is 5.37. The van der Waals surface area contributed by atoms with Gasteiger partial charge in [-0.25, -0.2) is 0 Å². The van der Waals surface area contributed by atoms with Crippen molar-refractivity contribution in [3.8, 4) is 0 Å². The molecule has 0 spiro atoms. The Labute approximate surface area is 91.0 Å². The molecule has 15 heavy (non-hydrogen) atoms. The lowest BCUT2D eigenvalue weighted by Crippen LogP contribution is -2.36. The predicted octanol–water partition coefficient (Wildman–Crippen LogP) is 1.37. The molecule has 1 heterocycles. The Morgan fingerprint density at radius 1 is 1.40 bits per heavy atom. The van der Waals surface area contributed by atoms with Crippen molar-refractivity contribution in [2.75, 3.05) is 27.2 Å². The number of nitrogens with one attached hydrogen (secondary N) is 1. The third-order valence-corrected chi connectivity index (χ3v) is 2.69. The Morgan fingerprint density at radius 3 is 3.00 bits per heavy atom. The van der Waals surface area contributed by atoms with Gasteiger partial charge in [0.25, 0.3) is 0 Å². The van der Waals surface area contributed by atoms with Crippen LogP contribution in [0.1, 0.15) is 17.2 Å². The molecule has 0 fully saturated rings. The van der Waals surface area contributed by atoms with Crippen molar-refractivity contribution in [3.63, 3.8) is 0 Å². The molecule has 0 saturated heterocycles. The van der Waals surface area contributed by atoms with Crippen LogP contribution >= 0.6 is 0 Å². The van der Waals surface area contributed by atoms with Crippen molar-refractivity contribution in [3.05, 3.63) is 35.4 Å². The summed E-state index contributed by atoms with van der Waals surface area (Å²) in [5.41, 5.74) is 6.02. The average Bonchev–Trinajstić information content (AvgIpc) is 2.26. The van der Waals surface area contributed by atoms with Crippen molar-refractivity contribution in [1.82, 2.24) is 10.4 Å². The molecule has 1 unspecified atom stereocenters. The first kappa shape index (κ1) is 10.6. The highest BCUT2D eigenvalue weighted by atomic mass is 16.5. The summed E-state index contributed by atoms with van der Waals surface area (Å²) in [5, 5.41) is 1.96. The molecule has 0 aromatic heterocycles. The van der Waals surface area contributed by atoms with Crippen LogP contribution in [0.3, 0.4) is 0 Å². The normalized spacial score (nSPS) is 20.3. The zero-order valence-electron chi connectivity index (χ0n) is 9.36. The highest BCUT2D eigenvalue weighted by Crippen LogP contribution is 2.25. The van der Waals surface area contributed by atoms with Gasteiger partial charge in [-0.3, -0.25) is 10.4 Å². The van der Waals surface area contributed by atoms with E-state index < -0.39 is 0 Å². The summed E-state index contributed by atoms with van der Waals surface area (Å²) in [5.74, 6) is 0. The number of rotatable bonds is 3. The van der Waals surface area contributed by atoms with Crippen molar-refractivity contribution in [1.29, 1.82) is 0 Å². The highest BCUT2D eigenvalue weighted by Gasteiger charge is 2.19. The van der Waals surface area contributed by atoms with Gasteiger partial charge in [0.1, 0.15) is 0 Å². The number of nitrogens with zero attached hydrogens (tertiary/aromatic N) is 1. The van der Waals surface area contributed by atoms with Crippen LogP contribution < -0.4 is 5.43 Å². The summed E-state index contributed by atoms with van der Waals surface area (Å²) in [7, 11) is 3.99. The predicted molar refractivity (Wildman–Crippen MR) is 60.5 cm³/mol. The Kier molecular flexibility index (Phi) is 3.36. The molecule has 1 aromatic rings. The molecular weight excluding hydrogens is 188 g/mol. The van der Waals surface area contributed by atoms with Gasteiger partial charge >= 0.3 is 0 Å². The van der Waals surface area contributed by atoms with E-state index >= 15 is 0 Å². The molecule has 0 bridgehead atoms. The lowest BCUT2D eigenvalue weighted by atomic mass is 9.98. The summed E-state index contributed by atoms with van der Waals surface area (Å²) in [6.07, 6.45) is 1.23. The maximum Gasteiger partial charge on any atom is 0.0966 e. The van der Waals surface area contributed by atoms with Gasteiger partial charge in [-0.15, -0.1) is 0 Å². The number of benzene rings is 1. The second-order valence-corrected chi connectivity index (χ2v) is 4.06. The zero-order chi connectivity index (χ0) is 10.7. The molecule has 0 saturated carbocycles. The summed E-state index contributed by atoms with van der Waals surface area (Å²) in [6, 6.07) is 8.54. The topological polar surface area (TPSA) is 24.5 Å². The summed E-state index contributed by atoms with van der Waals surface area (Å²) in [6.45, 7) is 1.67. The van der Waals surface area contributed by atoms with Gasteiger partial charge < -0.3 is 4.74 Å². The van der Waals surface area contributed by atoms with Crippen LogP contribution in [0.25, 0.3) is 0 Å². The van der Waals surface area contributed by atoms with E-state index in [-0.39, 0.29) is 6.10 Å². The Hall–Kier alpha value is -0.900. The second-order valence-electron chi connectivity index (χ2n) is 4.06.